The van der Waals surface area contributed by atoms with Gasteiger partial charge >= 0.3 is 5.56 Å². The molecule has 3 rings (SSSR count). The molecule has 0 saturated carbocycles. The molecule has 1 aliphatic heterocycles. The minimum absolute atomic E-state index is 0.000536. The number of carbonyl (C=O) groups excluding carboxylic acids is 1. The number of sulfone groups is 1. The zero-order valence-corrected chi connectivity index (χ0v) is 12.7. The molecule has 0 spiro atoms. The highest BCUT2D eigenvalue weighted by molar-refractivity contribution is 7.91. The molecule has 2 aromatic heterocycles. The number of hydrogen-bond acceptors (Lipinski definition) is 6. The fraction of sp³-hybridized carbons (Fsp3) is 0.417. The lowest BCUT2D eigenvalue weighted by atomic mass is 10.2. The molecule has 0 radical (unpaired) electrons. The predicted molar refractivity (Wildman–Crippen MR) is 75.9 cm³/mol. The maximum atomic E-state index is 12.2. The molecule has 22 heavy (non-hydrogen) atoms. The Labute approximate surface area is 125 Å². The molecule has 1 amide bonds. The molecule has 0 fully saturated rings. The van der Waals surface area contributed by atoms with Crippen LogP contribution in [0.4, 0.5) is 0 Å². The Hall–Kier alpha value is -2.36. The summed E-state index contributed by atoms with van der Waals surface area (Å²) in [5.41, 5.74) is -0.632. The summed E-state index contributed by atoms with van der Waals surface area (Å²) in [4.78, 5) is 24.0. The van der Waals surface area contributed by atoms with Crippen LogP contribution in [0.1, 0.15) is 30.4 Å². The van der Waals surface area contributed by atoms with Gasteiger partial charge < -0.3 is 15.1 Å². The van der Waals surface area contributed by atoms with Crippen LogP contribution in [-0.4, -0.2) is 46.3 Å². The third kappa shape index (κ3) is 1.83. The summed E-state index contributed by atoms with van der Waals surface area (Å²) in [6.07, 6.45) is 0. The quantitative estimate of drug-likeness (QED) is 0.719. The molecule has 10 heteroatoms. The minimum Gasteiger partial charge on any atom is -0.409 e. The lowest BCUT2D eigenvalue weighted by molar-refractivity contribution is 0.0919. The Morgan fingerprint density at radius 3 is 2.77 bits per heavy atom. The highest BCUT2D eigenvalue weighted by Gasteiger charge is 2.31. The first kappa shape index (κ1) is 14.6. The maximum absolute atomic E-state index is 12.2. The second kappa shape index (κ2) is 4.57. The highest BCUT2D eigenvalue weighted by Crippen LogP contribution is 2.28. The minimum atomic E-state index is -3.79. The Morgan fingerprint density at radius 1 is 1.45 bits per heavy atom. The van der Waals surface area contributed by atoms with E-state index in [4.69, 9.17) is 0 Å². The third-order valence-corrected chi connectivity index (χ3v) is 5.37. The predicted octanol–water partition coefficient (Wildman–Crippen LogP) is -0.467. The number of amides is 1. The Kier molecular flexibility index (Phi) is 3.02. The molecule has 0 aliphatic carbocycles. The molecule has 3 heterocycles. The molecule has 1 unspecified atom stereocenters. The van der Waals surface area contributed by atoms with Crippen molar-refractivity contribution in [3.63, 3.8) is 0 Å². The van der Waals surface area contributed by atoms with Crippen LogP contribution in [-0.2, 0) is 9.84 Å². The molecular weight excluding hydrogens is 312 g/mol. The van der Waals surface area contributed by atoms with Crippen LogP contribution < -0.4 is 10.9 Å². The van der Waals surface area contributed by atoms with Crippen molar-refractivity contribution in [2.24, 2.45) is 0 Å². The van der Waals surface area contributed by atoms with E-state index in [1.165, 1.54) is 17.6 Å². The number of nitrogens with one attached hydrogen (secondary N) is 1. The number of aromatic nitrogens is 3. The lowest BCUT2D eigenvalue weighted by Crippen LogP contribution is -2.37. The molecule has 2 aromatic rings. The molecule has 0 bridgehead atoms. The van der Waals surface area contributed by atoms with E-state index < -0.39 is 26.3 Å². The van der Waals surface area contributed by atoms with Crippen LogP contribution in [0.2, 0.25) is 0 Å². The molecular formula is C12H14N4O5S. The van der Waals surface area contributed by atoms with E-state index in [-0.39, 0.29) is 33.2 Å². The summed E-state index contributed by atoms with van der Waals surface area (Å²) < 4.78 is 26.0. The summed E-state index contributed by atoms with van der Waals surface area (Å²) in [5.74, 6) is -0.646. The molecule has 118 valence electrons. The van der Waals surface area contributed by atoms with Crippen molar-refractivity contribution in [3.05, 3.63) is 22.1 Å². The highest BCUT2D eigenvalue weighted by atomic mass is 32.2. The lowest BCUT2D eigenvalue weighted by Gasteiger charge is -2.24. The SMILES string of the molecule is CCS(=O)(=O)c1nn(O)c(=O)c2cc3n(c12)C(C)CNC3=O. The van der Waals surface area contributed by atoms with Crippen LogP contribution in [0, 0.1) is 0 Å². The van der Waals surface area contributed by atoms with Gasteiger partial charge in [-0.25, -0.2) is 8.42 Å². The van der Waals surface area contributed by atoms with Gasteiger partial charge in [-0.05, 0) is 13.0 Å². The van der Waals surface area contributed by atoms with Crippen molar-refractivity contribution in [1.82, 2.24) is 19.8 Å². The first-order valence-electron chi connectivity index (χ1n) is 6.66. The Bertz CT molecular complexity index is 956. The van der Waals surface area contributed by atoms with Crippen molar-refractivity contribution >= 4 is 26.6 Å². The average Bonchev–Trinajstić information content (AvgIpc) is 2.88. The molecule has 1 atom stereocenters. The fourth-order valence-electron chi connectivity index (χ4n) is 2.59. The largest absolute Gasteiger partial charge is 0.409 e. The second-order valence-corrected chi connectivity index (χ2v) is 7.32. The van der Waals surface area contributed by atoms with Crippen LogP contribution in [0.25, 0.3) is 10.9 Å². The Morgan fingerprint density at radius 2 is 2.14 bits per heavy atom. The standard InChI is InChI=1S/C12H14N4O5S/c1-3-22(20,21)11-9-7(12(18)16(19)14-11)4-8-10(17)13-5-6(2)15(8)9/h4,6,19H,3,5H2,1-2H3,(H,13,17). The van der Waals surface area contributed by atoms with Gasteiger partial charge in [0.1, 0.15) is 5.69 Å². The van der Waals surface area contributed by atoms with Crippen molar-refractivity contribution in [2.45, 2.75) is 24.9 Å². The van der Waals surface area contributed by atoms with Gasteiger partial charge in [0.2, 0.25) is 5.03 Å². The summed E-state index contributed by atoms with van der Waals surface area (Å²) in [6.45, 7) is 3.53. The summed E-state index contributed by atoms with van der Waals surface area (Å²) in [7, 11) is -3.79. The average molecular weight is 326 g/mol. The number of hydrogen-bond donors (Lipinski definition) is 2. The summed E-state index contributed by atoms with van der Waals surface area (Å²) in [5, 5.41) is 15.3. The van der Waals surface area contributed by atoms with E-state index in [0.29, 0.717) is 6.54 Å². The van der Waals surface area contributed by atoms with Crippen molar-refractivity contribution < 1.29 is 18.4 Å². The van der Waals surface area contributed by atoms with E-state index in [9.17, 15) is 23.2 Å². The van der Waals surface area contributed by atoms with Gasteiger partial charge in [-0.1, -0.05) is 11.8 Å². The first-order chi connectivity index (χ1) is 10.3. The zero-order valence-electron chi connectivity index (χ0n) is 11.9. The van der Waals surface area contributed by atoms with E-state index in [2.05, 4.69) is 10.4 Å². The topological polar surface area (TPSA) is 123 Å². The first-order valence-corrected chi connectivity index (χ1v) is 8.31. The van der Waals surface area contributed by atoms with Crippen LogP contribution in [0.3, 0.4) is 0 Å². The maximum Gasteiger partial charge on any atom is 0.312 e. The van der Waals surface area contributed by atoms with Crippen molar-refractivity contribution in [1.29, 1.82) is 0 Å². The summed E-state index contributed by atoms with van der Waals surface area (Å²) >= 11 is 0. The van der Waals surface area contributed by atoms with E-state index in [1.54, 1.807) is 6.92 Å². The van der Waals surface area contributed by atoms with Crippen LogP contribution in [0.15, 0.2) is 15.9 Å². The normalized spacial score (nSPS) is 18.3. The fourth-order valence-corrected chi connectivity index (χ4v) is 3.57. The Balaban J connectivity index is 2.56. The van der Waals surface area contributed by atoms with E-state index in [1.807, 2.05) is 0 Å². The van der Waals surface area contributed by atoms with Crippen LogP contribution in [0.5, 0.6) is 0 Å². The van der Waals surface area contributed by atoms with Crippen LogP contribution >= 0.6 is 0 Å². The van der Waals surface area contributed by atoms with Gasteiger partial charge in [0, 0.05) is 12.6 Å². The van der Waals surface area contributed by atoms with Gasteiger partial charge in [-0.2, -0.15) is 0 Å². The number of nitrogens with zero attached hydrogens (tertiary/aromatic N) is 3. The molecule has 0 saturated heterocycles. The zero-order chi connectivity index (χ0) is 16.2. The van der Waals surface area contributed by atoms with Gasteiger partial charge in [-0.3, -0.25) is 9.59 Å². The van der Waals surface area contributed by atoms with Gasteiger partial charge in [0.05, 0.1) is 16.7 Å². The number of carbonyl (C=O) groups is 1. The number of rotatable bonds is 2. The number of fused-ring (bicyclic) bond motifs is 3. The molecule has 2 N–H and O–H groups in total. The van der Waals surface area contributed by atoms with Gasteiger partial charge in [0.25, 0.3) is 5.91 Å². The summed E-state index contributed by atoms with van der Waals surface area (Å²) in [6, 6.07) is 1.04. The smallest absolute Gasteiger partial charge is 0.312 e. The van der Waals surface area contributed by atoms with Gasteiger partial charge in [-0.15, -0.1) is 5.10 Å². The molecule has 9 nitrogen and oxygen atoms in total. The van der Waals surface area contributed by atoms with E-state index in [0.717, 1.165) is 0 Å². The third-order valence-electron chi connectivity index (χ3n) is 3.74. The van der Waals surface area contributed by atoms with E-state index >= 15 is 0 Å². The van der Waals surface area contributed by atoms with Crippen molar-refractivity contribution in [3.8, 4) is 0 Å². The van der Waals surface area contributed by atoms with Crippen molar-refractivity contribution in [2.75, 3.05) is 12.3 Å². The second-order valence-electron chi connectivity index (χ2n) is 5.12. The molecule has 1 aliphatic rings. The molecule has 0 aromatic carbocycles. The van der Waals surface area contributed by atoms with Gasteiger partial charge in [0.15, 0.2) is 9.84 Å². The monoisotopic (exact) mass is 326 g/mol.